The van der Waals surface area contributed by atoms with Crippen LogP contribution in [0.4, 0.5) is 11.4 Å². The number of aromatic hydroxyl groups is 1. The number of carbonyl (C=O) groups is 2. The summed E-state index contributed by atoms with van der Waals surface area (Å²) in [7, 11) is 0. The van der Waals surface area contributed by atoms with Crippen LogP contribution >= 0.6 is 0 Å². The highest BCUT2D eigenvalue weighted by atomic mass is 16.5. The van der Waals surface area contributed by atoms with Gasteiger partial charge in [0.25, 0.3) is 5.91 Å². The number of ether oxygens (including phenoxy) is 1. The van der Waals surface area contributed by atoms with Crippen LogP contribution < -0.4 is 15.1 Å². The van der Waals surface area contributed by atoms with E-state index in [-0.39, 0.29) is 18.3 Å². The molecule has 3 rings (SSSR count). The molecule has 7 heteroatoms. The number of nitrogens with zero attached hydrogens (tertiary/aromatic N) is 1. The SMILES string of the molecule is CCOC(=O)c1ccccc1NC(=O)C[NH+]1CCN(c2ccccc2O)CC1. The average Bonchev–Trinajstić information content (AvgIpc) is 2.69. The van der Waals surface area contributed by atoms with Crippen LogP contribution in [0, 0.1) is 0 Å². The van der Waals surface area contributed by atoms with Gasteiger partial charge in [-0.05, 0) is 31.2 Å². The van der Waals surface area contributed by atoms with Gasteiger partial charge in [-0.15, -0.1) is 0 Å². The molecule has 1 aliphatic rings. The zero-order chi connectivity index (χ0) is 19.9. The zero-order valence-electron chi connectivity index (χ0n) is 16.0. The van der Waals surface area contributed by atoms with E-state index in [0.717, 1.165) is 36.8 Å². The lowest BCUT2D eigenvalue weighted by Gasteiger charge is -2.33. The molecule has 0 radical (unpaired) electrons. The Labute approximate surface area is 164 Å². The first-order valence-electron chi connectivity index (χ1n) is 9.51. The van der Waals surface area contributed by atoms with Crippen molar-refractivity contribution in [2.45, 2.75) is 6.92 Å². The molecule has 0 unspecified atom stereocenters. The van der Waals surface area contributed by atoms with Gasteiger partial charge in [-0.3, -0.25) is 4.79 Å². The van der Waals surface area contributed by atoms with Crippen LogP contribution in [0.1, 0.15) is 17.3 Å². The summed E-state index contributed by atoms with van der Waals surface area (Å²) in [6.45, 7) is 5.47. The molecule has 0 saturated carbocycles. The molecular weight excluding hydrogens is 358 g/mol. The normalized spacial score (nSPS) is 14.5. The quantitative estimate of drug-likeness (QED) is 0.645. The number of phenols is 1. The lowest BCUT2D eigenvalue weighted by atomic mass is 10.1. The third-order valence-electron chi connectivity index (χ3n) is 4.80. The minimum absolute atomic E-state index is 0.136. The van der Waals surface area contributed by atoms with Gasteiger partial charge in [0.15, 0.2) is 6.54 Å². The van der Waals surface area contributed by atoms with Crippen molar-refractivity contribution in [1.29, 1.82) is 0 Å². The number of esters is 1. The molecule has 0 aliphatic carbocycles. The van der Waals surface area contributed by atoms with E-state index >= 15 is 0 Å². The van der Waals surface area contributed by atoms with Crippen LogP contribution in [0.2, 0.25) is 0 Å². The zero-order valence-corrected chi connectivity index (χ0v) is 16.0. The van der Waals surface area contributed by atoms with Gasteiger partial charge < -0.3 is 25.0 Å². The second-order valence-electron chi connectivity index (χ2n) is 6.72. The van der Waals surface area contributed by atoms with Gasteiger partial charge in [-0.2, -0.15) is 0 Å². The van der Waals surface area contributed by atoms with E-state index in [1.54, 1.807) is 43.3 Å². The highest BCUT2D eigenvalue weighted by Gasteiger charge is 2.24. The average molecular weight is 384 g/mol. The minimum Gasteiger partial charge on any atom is -0.506 e. The minimum atomic E-state index is -0.443. The maximum atomic E-state index is 12.5. The van der Waals surface area contributed by atoms with Crippen molar-refractivity contribution >= 4 is 23.3 Å². The smallest absolute Gasteiger partial charge is 0.340 e. The predicted molar refractivity (Wildman–Crippen MR) is 107 cm³/mol. The fraction of sp³-hybridized carbons (Fsp3) is 0.333. The number of nitrogens with one attached hydrogen (secondary N) is 2. The first-order valence-corrected chi connectivity index (χ1v) is 9.51. The van der Waals surface area contributed by atoms with E-state index in [2.05, 4.69) is 10.2 Å². The highest BCUT2D eigenvalue weighted by Crippen LogP contribution is 2.26. The standard InChI is InChI=1S/C21H25N3O4/c1-2-28-21(27)16-7-3-4-8-17(16)22-20(26)15-23-11-13-24(14-12-23)18-9-5-6-10-19(18)25/h3-10,25H,2,11-15H2,1H3,(H,22,26)/p+1. The fourth-order valence-electron chi connectivity index (χ4n) is 3.37. The summed E-state index contributed by atoms with van der Waals surface area (Å²) in [6, 6.07) is 14.2. The summed E-state index contributed by atoms with van der Waals surface area (Å²) in [5, 5.41) is 12.8. The van der Waals surface area contributed by atoms with Gasteiger partial charge in [0, 0.05) is 0 Å². The van der Waals surface area contributed by atoms with Crippen LogP contribution in [0.5, 0.6) is 5.75 Å². The molecule has 1 saturated heterocycles. The van der Waals surface area contributed by atoms with E-state index in [0.29, 0.717) is 17.8 Å². The van der Waals surface area contributed by atoms with Crippen molar-refractivity contribution in [2.24, 2.45) is 0 Å². The Morgan fingerprint density at radius 2 is 1.79 bits per heavy atom. The van der Waals surface area contributed by atoms with E-state index in [4.69, 9.17) is 4.74 Å². The molecule has 148 valence electrons. The number of quaternary nitrogens is 1. The molecule has 1 fully saturated rings. The number of para-hydroxylation sites is 3. The number of piperazine rings is 1. The Morgan fingerprint density at radius 1 is 1.11 bits per heavy atom. The third kappa shape index (κ3) is 4.80. The summed E-state index contributed by atoms with van der Waals surface area (Å²) in [5.74, 6) is -0.302. The van der Waals surface area contributed by atoms with Gasteiger partial charge in [-0.25, -0.2) is 4.79 Å². The van der Waals surface area contributed by atoms with Crippen LogP contribution in [0.3, 0.4) is 0 Å². The summed E-state index contributed by atoms with van der Waals surface area (Å²) in [4.78, 5) is 27.8. The van der Waals surface area contributed by atoms with Crippen molar-refractivity contribution in [3.63, 3.8) is 0 Å². The van der Waals surface area contributed by atoms with Gasteiger partial charge >= 0.3 is 5.97 Å². The molecule has 0 spiro atoms. The molecule has 28 heavy (non-hydrogen) atoms. The van der Waals surface area contributed by atoms with Gasteiger partial charge in [0.05, 0.1) is 49.7 Å². The van der Waals surface area contributed by atoms with Crippen molar-refractivity contribution in [3.05, 3.63) is 54.1 Å². The number of hydrogen-bond acceptors (Lipinski definition) is 5. The molecular formula is C21H26N3O4+. The van der Waals surface area contributed by atoms with E-state index < -0.39 is 5.97 Å². The van der Waals surface area contributed by atoms with E-state index in [9.17, 15) is 14.7 Å². The van der Waals surface area contributed by atoms with Gasteiger partial charge in [-0.1, -0.05) is 24.3 Å². The van der Waals surface area contributed by atoms with Gasteiger partial charge in [0.2, 0.25) is 0 Å². The maximum Gasteiger partial charge on any atom is 0.340 e. The number of hydrogen-bond donors (Lipinski definition) is 3. The third-order valence-corrected chi connectivity index (χ3v) is 4.80. The molecule has 7 nitrogen and oxygen atoms in total. The van der Waals surface area contributed by atoms with Crippen molar-refractivity contribution in [3.8, 4) is 5.75 Å². The lowest BCUT2D eigenvalue weighted by Crippen LogP contribution is -3.15. The largest absolute Gasteiger partial charge is 0.506 e. The molecule has 3 N–H and O–H groups in total. The lowest BCUT2D eigenvalue weighted by molar-refractivity contribution is -0.892. The fourth-order valence-corrected chi connectivity index (χ4v) is 3.37. The number of benzene rings is 2. The second-order valence-corrected chi connectivity index (χ2v) is 6.72. The van der Waals surface area contributed by atoms with Crippen molar-refractivity contribution < 1.29 is 24.3 Å². The van der Waals surface area contributed by atoms with Crippen molar-refractivity contribution in [1.82, 2.24) is 0 Å². The molecule has 0 bridgehead atoms. The number of rotatable bonds is 6. The number of phenolic OH excluding ortho intramolecular Hbond substituents is 1. The van der Waals surface area contributed by atoms with E-state index in [1.807, 2.05) is 12.1 Å². The first kappa shape index (κ1) is 19.7. The van der Waals surface area contributed by atoms with Crippen LogP contribution in [0.15, 0.2) is 48.5 Å². The Kier molecular flexibility index (Phi) is 6.49. The Morgan fingerprint density at radius 3 is 2.50 bits per heavy atom. The van der Waals surface area contributed by atoms with Gasteiger partial charge in [0.1, 0.15) is 5.75 Å². The number of carbonyl (C=O) groups excluding carboxylic acids is 2. The molecule has 2 aromatic carbocycles. The summed E-state index contributed by atoms with van der Waals surface area (Å²) in [6.07, 6.45) is 0. The summed E-state index contributed by atoms with van der Waals surface area (Å²) in [5.41, 5.74) is 1.66. The maximum absolute atomic E-state index is 12.5. The summed E-state index contributed by atoms with van der Waals surface area (Å²) < 4.78 is 5.04. The molecule has 1 aliphatic heterocycles. The number of anilines is 2. The molecule has 2 aromatic rings. The Bertz CT molecular complexity index is 832. The Balaban J connectivity index is 1.54. The second kappa shape index (κ2) is 9.23. The van der Waals surface area contributed by atoms with Crippen LogP contribution in [0.25, 0.3) is 0 Å². The van der Waals surface area contributed by atoms with E-state index in [1.165, 1.54) is 0 Å². The van der Waals surface area contributed by atoms with Crippen molar-refractivity contribution in [2.75, 3.05) is 49.5 Å². The molecule has 0 aromatic heterocycles. The predicted octanol–water partition coefficient (Wildman–Crippen LogP) is 0.912. The van der Waals surface area contributed by atoms with Crippen LogP contribution in [-0.2, 0) is 9.53 Å². The first-order chi connectivity index (χ1) is 13.6. The molecule has 0 atom stereocenters. The Hall–Kier alpha value is -3.06. The van der Waals surface area contributed by atoms with Crippen LogP contribution in [-0.4, -0.2) is 56.3 Å². The highest BCUT2D eigenvalue weighted by molar-refractivity contribution is 6.01. The summed E-state index contributed by atoms with van der Waals surface area (Å²) >= 11 is 0. The molecule has 1 amide bonds. The topological polar surface area (TPSA) is 83.3 Å². The monoisotopic (exact) mass is 384 g/mol. The molecule has 1 heterocycles. The number of amides is 1.